The molecule has 5 heteroatoms. The summed E-state index contributed by atoms with van der Waals surface area (Å²) in [6.07, 6.45) is 5.39. The van der Waals surface area contributed by atoms with Crippen LogP contribution >= 0.6 is 0 Å². The lowest BCUT2D eigenvalue weighted by Crippen LogP contribution is -2.44. The largest absolute Gasteiger partial charge is 0.388 e. The summed E-state index contributed by atoms with van der Waals surface area (Å²) >= 11 is 0. The number of carbonyl (C=O) groups is 1. The quantitative estimate of drug-likeness (QED) is 0.877. The van der Waals surface area contributed by atoms with Gasteiger partial charge >= 0.3 is 6.03 Å². The Morgan fingerprint density at radius 1 is 1.24 bits per heavy atom. The molecule has 2 N–H and O–H groups in total. The molecule has 1 aromatic heterocycles. The number of pyridine rings is 1. The van der Waals surface area contributed by atoms with E-state index in [9.17, 15) is 9.90 Å². The molecule has 1 saturated heterocycles. The summed E-state index contributed by atoms with van der Waals surface area (Å²) < 4.78 is 0. The molecule has 0 unspecified atom stereocenters. The lowest BCUT2D eigenvalue weighted by atomic mass is 10.0. The molecule has 0 aliphatic carbocycles. The van der Waals surface area contributed by atoms with Crippen molar-refractivity contribution in [1.82, 2.24) is 15.2 Å². The molecule has 2 heterocycles. The molecule has 3 atom stereocenters. The maximum Gasteiger partial charge on any atom is 0.318 e. The number of benzene rings is 1. The Bertz CT molecular complexity index is 678. The van der Waals surface area contributed by atoms with Crippen LogP contribution in [-0.4, -0.2) is 33.6 Å². The number of aliphatic hydroxyl groups is 1. The topological polar surface area (TPSA) is 65.5 Å². The average Bonchev–Trinajstić information content (AvgIpc) is 3.11. The van der Waals surface area contributed by atoms with Crippen LogP contribution < -0.4 is 5.32 Å². The highest BCUT2D eigenvalue weighted by molar-refractivity contribution is 5.75. The highest BCUT2D eigenvalue weighted by atomic mass is 16.3. The first kappa shape index (κ1) is 17.4. The van der Waals surface area contributed by atoms with Crippen LogP contribution in [0.25, 0.3) is 0 Å². The number of carbonyl (C=O) groups excluding carboxylic acids is 1. The fraction of sp³-hybridized carbons (Fsp3) is 0.400. The number of hydrogen-bond donors (Lipinski definition) is 2. The highest BCUT2D eigenvalue weighted by Gasteiger charge is 2.31. The molecule has 2 aromatic rings. The molecule has 0 saturated carbocycles. The Kier molecular flexibility index (Phi) is 5.66. The number of nitrogens with one attached hydrogen (secondary N) is 1. The van der Waals surface area contributed by atoms with Gasteiger partial charge in [0.05, 0.1) is 12.1 Å². The minimum atomic E-state index is -0.544. The zero-order valence-corrected chi connectivity index (χ0v) is 14.5. The van der Waals surface area contributed by atoms with Crippen LogP contribution in [0, 0.1) is 0 Å². The SMILES string of the molecule is C[C@H](NC(=O)N1CCC[C@@H]1C[C@H](O)c1ccccc1)c1ccncc1. The molecule has 1 fully saturated rings. The minimum absolute atomic E-state index is 0.0629. The van der Waals surface area contributed by atoms with Crippen molar-refractivity contribution in [3.05, 3.63) is 66.0 Å². The number of nitrogens with zero attached hydrogens (tertiary/aromatic N) is 2. The van der Waals surface area contributed by atoms with Crippen LogP contribution in [0.5, 0.6) is 0 Å². The van der Waals surface area contributed by atoms with Crippen LogP contribution in [-0.2, 0) is 0 Å². The van der Waals surface area contributed by atoms with Gasteiger partial charge in [-0.15, -0.1) is 0 Å². The average molecular weight is 339 g/mol. The van der Waals surface area contributed by atoms with Gasteiger partial charge in [0.25, 0.3) is 0 Å². The van der Waals surface area contributed by atoms with Gasteiger partial charge in [-0.1, -0.05) is 30.3 Å². The zero-order valence-electron chi connectivity index (χ0n) is 14.5. The molecule has 5 nitrogen and oxygen atoms in total. The molecule has 1 aromatic carbocycles. The molecule has 0 radical (unpaired) electrons. The third-order valence-electron chi connectivity index (χ3n) is 4.86. The third kappa shape index (κ3) is 4.37. The number of urea groups is 1. The normalized spacial score (nSPS) is 19.4. The Balaban J connectivity index is 1.60. The summed E-state index contributed by atoms with van der Waals surface area (Å²) in [5.74, 6) is 0. The van der Waals surface area contributed by atoms with E-state index >= 15 is 0 Å². The molecule has 1 aliphatic heterocycles. The number of likely N-dealkylation sites (tertiary alicyclic amines) is 1. The van der Waals surface area contributed by atoms with E-state index in [-0.39, 0.29) is 18.1 Å². The van der Waals surface area contributed by atoms with Gasteiger partial charge in [-0.05, 0) is 49.4 Å². The van der Waals surface area contributed by atoms with Crippen molar-refractivity contribution < 1.29 is 9.90 Å². The van der Waals surface area contributed by atoms with Crippen molar-refractivity contribution in [1.29, 1.82) is 0 Å². The van der Waals surface area contributed by atoms with Crippen LogP contribution in [0.1, 0.15) is 49.5 Å². The summed E-state index contributed by atoms with van der Waals surface area (Å²) in [6.45, 7) is 2.71. The number of amides is 2. The third-order valence-corrected chi connectivity index (χ3v) is 4.86. The van der Waals surface area contributed by atoms with Gasteiger partial charge in [0.2, 0.25) is 0 Å². The first-order chi connectivity index (χ1) is 12.1. The lowest BCUT2D eigenvalue weighted by Gasteiger charge is -2.28. The van der Waals surface area contributed by atoms with E-state index in [1.165, 1.54) is 0 Å². The van der Waals surface area contributed by atoms with Crippen molar-refractivity contribution in [3.8, 4) is 0 Å². The monoisotopic (exact) mass is 339 g/mol. The molecule has 3 rings (SSSR count). The van der Waals surface area contributed by atoms with E-state index in [2.05, 4.69) is 10.3 Å². The number of rotatable bonds is 5. The molecule has 0 bridgehead atoms. The number of hydrogen-bond acceptors (Lipinski definition) is 3. The van der Waals surface area contributed by atoms with Crippen molar-refractivity contribution in [2.75, 3.05) is 6.54 Å². The van der Waals surface area contributed by atoms with Crippen molar-refractivity contribution >= 4 is 6.03 Å². The Hall–Kier alpha value is -2.40. The van der Waals surface area contributed by atoms with E-state index in [1.807, 2.05) is 54.3 Å². The standard InChI is InChI=1S/C20H25N3O2/c1-15(16-9-11-21-12-10-16)22-20(25)23-13-5-8-18(23)14-19(24)17-6-3-2-4-7-17/h2-4,6-7,9-12,15,18-19,24H,5,8,13-14H2,1H3,(H,22,25)/t15-,18+,19-/m0/s1. The van der Waals surface area contributed by atoms with Crippen molar-refractivity contribution in [2.45, 2.75) is 44.4 Å². The first-order valence-corrected chi connectivity index (χ1v) is 8.85. The van der Waals surface area contributed by atoms with E-state index in [4.69, 9.17) is 0 Å². The van der Waals surface area contributed by atoms with Gasteiger partial charge in [-0.25, -0.2) is 4.79 Å². The molecule has 1 aliphatic rings. The fourth-order valence-electron chi connectivity index (χ4n) is 3.42. The van der Waals surface area contributed by atoms with E-state index in [1.54, 1.807) is 12.4 Å². The zero-order chi connectivity index (χ0) is 17.6. The second kappa shape index (κ2) is 8.12. The smallest absolute Gasteiger partial charge is 0.318 e. The Morgan fingerprint density at radius 2 is 1.96 bits per heavy atom. The van der Waals surface area contributed by atoms with Crippen LogP contribution in [0.3, 0.4) is 0 Å². The lowest BCUT2D eigenvalue weighted by molar-refractivity contribution is 0.125. The van der Waals surface area contributed by atoms with Gasteiger partial charge in [-0.2, -0.15) is 0 Å². The van der Waals surface area contributed by atoms with Crippen LogP contribution in [0.15, 0.2) is 54.9 Å². The summed E-state index contributed by atoms with van der Waals surface area (Å²) in [4.78, 5) is 18.5. The van der Waals surface area contributed by atoms with E-state index in [0.717, 1.165) is 30.5 Å². The Morgan fingerprint density at radius 3 is 2.68 bits per heavy atom. The molecule has 0 spiro atoms. The van der Waals surface area contributed by atoms with Crippen molar-refractivity contribution in [2.24, 2.45) is 0 Å². The maximum atomic E-state index is 12.7. The molecule has 25 heavy (non-hydrogen) atoms. The predicted octanol–water partition coefficient (Wildman–Crippen LogP) is 3.44. The van der Waals surface area contributed by atoms with E-state index in [0.29, 0.717) is 6.42 Å². The summed E-state index contributed by atoms with van der Waals surface area (Å²) in [6, 6.07) is 13.4. The summed E-state index contributed by atoms with van der Waals surface area (Å²) in [7, 11) is 0. The summed E-state index contributed by atoms with van der Waals surface area (Å²) in [5, 5.41) is 13.5. The van der Waals surface area contributed by atoms with Crippen molar-refractivity contribution in [3.63, 3.8) is 0 Å². The van der Waals surface area contributed by atoms with Gasteiger partial charge in [0.1, 0.15) is 0 Å². The van der Waals surface area contributed by atoms with Gasteiger partial charge in [0.15, 0.2) is 0 Å². The molecular weight excluding hydrogens is 314 g/mol. The predicted molar refractivity (Wildman–Crippen MR) is 96.9 cm³/mol. The number of aromatic nitrogens is 1. The van der Waals surface area contributed by atoms with E-state index < -0.39 is 6.10 Å². The first-order valence-electron chi connectivity index (χ1n) is 8.85. The Labute approximate surface area is 148 Å². The van der Waals surface area contributed by atoms with Crippen LogP contribution in [0.4, 0.5) is 4.79 Å². The van der Waals surface area contributed by atoms with Gasteiger partial charge in [0, 0.05) is 25.0 Å². The second-order valence-electron chi connectivity index (χ2n) is 6.60. The van der Waals surface area contributed by atoms with Gasteiger partial charge in [-0.3, -0.25) is 4.98 Å². The fourth-order valence-corrected chi connectivity index (χ4v) is 3.42. The highest BCUT2D eigenvalue weighted by Crippen LogP contribution is 2.27. The molecular formula is C20H25N3O2. The second-order valence-corrected chi connectivity index (χ2v) is 6.60. The minimum Gasteiger partial charge on any atom is -0.388 e. The summed E-state index contributed by atoms with van der Waals surface area (Å²) in [5.41, 5.74) is 1.93. The molecule has 2 amide bonds. The number of aliphatic hydroxyl groups excluding tert-OH is 1. The maximum absolute atomic E-state index is 12.7. The molecule has 132 valence electrons. The van der Waals surface area contributed by atoms with Gasteiger partial charge < -0.3 is 15.3 Å². The van der Waals surface area contributed by atoms with Crippen LogP contribution in [0.2, 0.25) is 0 Å².